The van der Waals surface area contributed by atoms with E-state index in [0.29, 0.717) is 30.3 Å². The highest BCUT2D eigenvalue weighted by atomic mass is 19.1. The molecule has 0 bridgehead atoms. The van der Waals surface area contributed by atoms with Gasteiger partial charge >= 0.3 is 0 Å². The first-order chi connectivity index (χ1) is 18.7. The van der Waals surface area contributed by atoms with Gasteiger partial charge in [0.15, 0.2) is 0 Å². The van der Waals surface area contributed by atoms with Gasteiger partial charge in [-0.15, -0.1) is 0 Å². The molecule has 1 aliphatic heterocycles. The highest BCUT2D eigenvalue weighted by Gasteiger charge is 2.28. The van der Waals surface area contributed by atoms with Gasteiger partial charge in [-0.2, -0.15) is 5.26 Å². The van der Waals surface area contributed by atoms with E-state index >= 15 is 0 Å². The Hall–Kier alpha value is -3.86. The van der Waals surface area contributed by atoms with Crippen molar-refractivity contribution >= 4 is 16.6 Å². The van der Waals surface area contributed by atoms with Crippen molar-refractivity contribution < 1.29 is 9.13 Å². The predicted octanol–water partition coefficient (Wildman–Crippen LogP) is 5.90. The Morgan fingerprint density at radius 2 is 1.92 bits per heavy atom. The summed E-state index contributed by atoms with van der Waals surface area (Å²) in [6, 6.07) is 23.9. The number of ether oxygens (including phenoxy) is 1. The van der Waals surface area contributed by atoms with Crippen LogP contribution in [0.1, 0.15) is 36.4 Å². The number of halogens is 1. The first-order valence-electron chi connectivity index (χ1n) is 13.4. The second-order valence-corrected chi connectivity index (χ2v) is 10.1. The van der Waals surface area contributed by atoms with Gasteiger partial charge in [0.2, 0.25) is 0 Å². The van der Waals surface area contributed by atoms with Crippen LogP contribution >= 0.6 is 0 Å². The van der Waals surface area contributed by atoms with E-state index in [1.54, 1.807) is 12.1 Å². The summed E-state index contributed by atoms with van der Waals surface area (Å²) in [6.07, 6.45) is 3.42. The lowest BCUT2D eigenvalue weighted by Crippen LogP contribution is -2.27. The molecule has 7 heteroatoms. The fourth-order valence-electron chi connectivity index (χ4n) is 5.42. The van der Waals surface area contributed by atoms with Crippen molar-refractivity contribution in [1.29, 1.82) is 5.26 Å². The van der Waals surface area contributed by atoms with Crippen molar-refractivity contribution in [3.63, 3.8) is 0 Å². The monoisotopic (exact) mass is 509 g/mol. The summed E-state index contributed by atoms with van der Waals surface area (Å²) in [5.41, 5.74) is 5.27. The molecule has 194 valence electrons. The van der Waals surface area contributed by atoms with Crippen LogP contribution in [0.2, 0.25) is 0 Å². The molecule has 4 aromatic rings. The Morgan fingerprint density at radius 3 is 2.63 bits per heavy atom. The second-order valence-electron chi connectivity index (χ2n) is 10.1. The zero-order valence-corrected chi connectivity index (χ0v) is 21.4. The molecule has 38 heavy (non-hydrogen) atoms. The van der Waals surface area contributed by atoms with E-state index in [4.69, 9.17) is 4.74 Å². The molecule has 0 radical (unpaired) electrons. The molecule has 2 N–H and O–H groups in total. The Labute approximate surface area is 222 Å². The maximum atomic E-state index is 14.0. The minimum atomic E-state index is -0.211. The summed E-state index contributed by atoms with van der Waals surface area (Å²) < 4.78 is 22.5. The van der Waals surface area contributed by atoms with E-state index in [1.165, 1.54) is 12.5 Å². The molecular formula is C31H32FN5O. The van der Waals surface area contributed by atoms with Crippen LogP contribution in [0.5, 0.6) is 5.75 Å². The fourth-order valence-corrected chi connectivity index (χ4v) is 5.42. The number of nitrogens with one attached hydrogen (secondary N) is 2. The topological polar surface area (TPSA) is 65.2 Å². The Kier molecular flexibility index (Phi) is 7.00. The summed E-state index contributed by atoms with van der Waals surface area (Å²) in [5.74, 6) is 0.628. The Balaban J connectivity index is 1.28. The lowest BCUT2D eigenvalue weighted by Gasteiger charge is -2.30. The van der Waals surface area contributed by atoms with E-state index in [0.717, 1.165) is 72.7 Å². The maximum Gasteiger partial charge on any atom is 0.128 e. The van der Waals surface area contributed by atoms with Crippen molar-refractivity contribution in [1.82, 2.24) is 14.8 Å². The highest BCUT2D eigenvalue weighted by molar-refractivity contribution is 5.95. The largest absolute Gasteiger partial charge is 0.492 e. The molecule has 1 saturated heterocycles. The maximum absolute atomic E-state index is 14.0. The zero-order chi connectivity index (χ0) is 25.9. The highest BCUT2D eigenvalue weighted by Crippen LogP contribution is 2.43. The Bertz CT molecular complexity index is 1460. The second kappa shape index (κ2) is 10.9. The van der Waals surface area contributed by atoms with Gasteiger partial charge in [-0.1, -0.05) is 30.3 Å². The molecule has 0 atom stereocenters. The number of nitriles is 1. The molecule has 0 spiro atoms. The number of fused-ring (bicyclic) bond motifs is 1. The first-order valence-corrected chi connectivity index (χ1v) is 13.4. The fraction of sp³-hybridized carbons (Fsp3) is 0.323. The first kappa shape index (κ1) is 24.5. The van der Waals surface area contributed by atoms with Crippen molar-refractivity contribution in [3.05, 3.63) is 83.7 Å². The number of hydrogen-bond acceptors (Lipinski definition) is 5. The van der Waals surface area contributed by atoms with Crippen LogP contribution < -0.4 is 15.4 Å². The molecule has 1 saturated carbocycles. The van der Waals surface area contributed by atoms with Crippen LogP contribution in [0.15, 0.2) is 66.7 Å². The number of benzene rings is 3. The number of aromatic nitrogens is 1. The van der Waals surface area contributed by atoms with Gasteiger partial charge in [0.1, 0.15) is 24.2 Å². The molecule has 2 aliphatic rings. The van der Waals surface area contributed by atoms with Crippen LogP contribution in [-0.4, -0.2) is 42.4 Å². The molecule has 2 heterocycles. The van der Waals surface area contributed by atoms with Gasteiger partial charge in [0.25, 0.3) is 0 Å². The minimum Gasteiger partial charge on any atom is -0.492 e. The van der Waals surface area contributed by atoms with Crippen molar-refractivity contribution in [2.75, 3.05) is 38.2 Å². The summed E-state index contributed by atoms with van der Waals surface area (Å²) in [4.78, 5) is 2.34. The third kappa shape index (κ3) is 4.85. The summed E-state index contributed by atoms with van der Waals surface area (Å²) >= 11 is 0. The van der Waals surface area contributed by atoms with Gasteiger partial charge in [-0.05, 0) is 55.2 Å². The zero-order valence-electron chi connectivity index (χ0n) is 21.4. The SMILES string of the molecule is N#Cc1c(-c2ccc(NCc3ccccc3F)cc2)n(C2CCC2)c2cc(OCCN3CCNC3)ccc12. The third-order valence-electron chi connectivity index (χ3n) is 7.74. The molecule has 6 rings (SSSR count). The smallest absolute Gasteiger partial charge is 0.128 e. The van der Waals surface area contributed by atoms with Crippen LogP contribution in [0, 0.1) is 17.1 Å². The van der Waals surface area contributed by atoms with E-state index < -0.39 is 0 Å². The lowest BCUT2D eigenvalue weighted by atomic mass is 9.92. The van der Waals surface area contributed by atoms with Crippen LogP contribution in [0.25, 0.3) is 22.2 Å². The van der Waals surface area contributed by atoms with Crippen molar-refractivity contribution in [2.45, 2.75) is 31.8 Å². The predicted molar refractivity (Wildman–Crippen MR) is 149 cm³/mol. The minimum absolute atomic E-state index is 0.211. The average molecular weight is 510 g/mol. The molecule has 6 nitrogen and oxygen atoms in total. The summed E-state index contributed by atoms with van der Waals surface area (Å²) in [6.45, 7) is 4.94. The van der Waals surface area contributed by atoms with Crippen molar-refractivity contribution in [3.8, 4) is 23.1 Å². The summed E-state index contributed by atoms with van der Waals surface area (Å²) in [5, 5.41) is 17.9. The van der Waals surface area contributed by atoms with Gasteiger partial charge < -0.3 is 19.9 Å². The number of rotatable bonds is 9. The van der Waals surface area contributed by atoms with Crippen molar-refractivity contribution in [2.24, 2.45) is 0 Å². The van der Waals surface area contributed by atoms with Gasteiger partial charge in [-0.3, -0.25) is 4.90 Å². The third-order valence-corrected chi connectivity index (χ3v) is 7.74. The molecule has 3 aromatic carbocycles. The van der Waals surface area contributed by atoms with Gasteiger partial charge in [-0.25, -0.2) is 4.39 Å². The van der Waals surface area contributed by atoms with Crippen LogP contribution in [-0.2, 0) is 6.54 Å². The molecule has 2 fully saturated rings. The molecular weight excluding hydrogens is 477 g/mol. The standard InChI is InChI=1S/C31H32FN5O/c32-29-7-2-1-4-23(29)20-35-24-10-8-22(9-11-24)31-28(19-33)27-13-12-26(38-17-16-36-15-14-34-21-36)18-30(27)37(31)25-5-3-6-25/h1-2,4,7-13,18,25,34-35H,3,5-6,14-17,20-21H2. The Morgan fingerprint density at radius 1 is 1.08 bits per heavy atom. The van der Waals surface area contributed by atoms with Gasteiger partial charge in [0, 0.05) is 61.6 Å². The van der Waals surface area contributed by atoms with E-state index in [1.807, 2.05) is 30.3 Å². The average Bonchev–Trinajstić information content (AvgIpc) is 3.54. The summed E-state index contributed by atoms with van der Waals surface area (Å²) in [7, 11) is 0. The van der Waals surface area contributed by atoms with E-state index in [9.17, 15) is 9.65 Å². The van der Waals surface area contributed by atoms with Crippen LogP contribution in [0.3, 0.4) is 0 Å². The van der Waals surface area contributed by atoms with E-state index in [-0.39, 0.29) is 5.82 Å². The molecule has 1 aliphatic carbocycles. The quantitative estimate of drug-likeness (QED) is 0.294. The molecule has 0 amide bonds. The molecule has 0 unspecified atom stereocenters. The van der Waals surface area contributed by atoms with Gasteiger partial charge in [0.05, 0.1) is 16.8 Å². The normalized spacial score (nSPS) is 15.9. The molecule has 1 aromatic heterocycles. The van der Waals surface area contributed by atoms with E-state index in [2.05, 4.69) is 44.4 Å². The number of nitrogens with zero attached hydrogens (tertiary/aromatic N) is 3. The van der Waals surface area contributed by atoms with Crippen LogP contribution in [0.4, 0.5) is 10.1 Å². The lowest BCUT2D eigenvalue weighted by molar-refractivity contribution is 0.236. The number of hydrogen-bond donors (Lipinski definition) is 2. The number of anilines is 1.